The molecule has 0 radical (unpaired) electrons. The van der Waals surface area contributed by atoms with Crippen LogP contribution in [0.5, 0.6) is 0 Å². The van der Waals surface area contributed by atoms with Crippen molar-refractivity contribution in [3.05, 3.63) is 248 Å². The maximum atomic E-state index is 6.32. The normalized spacial score (nSPS) is 11.5. The first kappa shape index (κ1) is 38.2. The van der Waals surface area contributed by atoms with Crippen molar-refractivity contribution < 1.29 is 4.42 Å². The van der Waals surface area contributed by atoms with Gasteiger partial charge >= 0.3 is 0 Å². The van der Waals surface area contributed by atoms with Gasteiger partial charge in [0.2, 0.25) is 0 Å². The van der Waals surface area contributed by atoms with Crippen LogP contribution in [0.15, 0.2) is 247 Å². The number of para-hydroxylation sites is 1. The Morgan fingerprint density at radius 3 is 1.42 bits per heavy atom. The van der Waals surface area contributed by atoms with Gasteiger partial charge in [0.05, 0.1) is 5.69 Å². The van der Waals surface area contributed by atoms with Crippen molar-refractivity contribution in [2.45, 2.75) is 6.92 Å². The smallest absolute Gasteiger partial charge is 0.138 e. The molecule has 1 aromatic heterocycles. The highest BCUT2D eigenvalue weighted by molar-refractivity contribution is 6.14. The van der Waals surface area contributed by atoms with E-state index in [0.717, 1.165) is 50.5 Å². The second-order valence-electron chi connectivity index (χ2n) is 16.9. The van der Waals surface area contributed by atoms with Crippen LogP contribution in [-0.4, -0.2) is 0 Å². The summed E-state index contributed by atoms with van der Waals surface area (Å²) in [7, 11) is 0. The van der Waals surface area contributed by atoms with E-state index in [1.54, 1.807) is 0 Å². The lowest BCUT2D eigenvalue weighted by molar-refractivity contribution is 0.629. The van der Waals surface area contributed by atoms with E-state index < -0.39 is 0 Å². The highest BCUT2D eigenvalue weighted by atomic mass is 16.3. The molecule has 0 unspecified atom stereocenters. The van der Waals surface area contributed by atoms with Gasteiger partial charge in [0.1, 0.15) is 11.3 Å². The Kier molecular flexibility index (Phi) is 9.43. The number of nitrogens with zero attached hydrogens (tertiary/aromatic N) is 1. The lowest BCUT2D eigenvalue weighted by Gasteiger charge is -2.28. The predicted octanol–water partition coefficient (Wildman–Crippen LogP) is 18.0. The number of hydrogen-bond acceptors (Lipinski definition) is 2. The average Bonchev–Trinajstić information content (AvgIpc) is 3.72. The van der Waals surface area contributed by atoms with Gasteiger partial charge in [-0.3, -0.25) is 0 Å². The highest BCUT2D eigenvalue weighted by Crippen LogP contribution is 2.43. The minimum atomic E-state index is 0.919. The molecule has 0 bridgehead atoms. The quantitative estimate of drug-likeness (QED) is 0.142. The summed E-state index contributed by atoms with van der Waals surface area (Å²) in [5, 5.41) is 8.60. The van der Waals surface area contributed by atoms with Gasteiger partial charge in [-0.05, 0) is 121 Å². The molecule has 0 aliphatic heterocycles. The molecule has 1 heterocycles. The Morgan fingerprint density at radius 1 is 0.308 bits per heavy atom. The van der Waals surface area contributed by atoms with Crippen molar-refractivity contribution in [2.75, 3.05) is 4.90 Å². The summed E-state index contributed by atoms with van der Waals surface area (Å²) in [6, 6.07) is 87.8. The molecule has 0 fully saturated rings. The lowest BCUT2D eigenvalue weighted by Crippen LogP contribution is -2.10. The molecule has 65 heavy (non-hydrogen) atoms. The van der Waals surface area contributed by atoms with Crippen molar-refractivity contribution in [1.82, 2.24) is 0 Å². The van der Waals surface area contributed by atoms with E-state index in [1.165, 1.54) is 71.3 Å². The van der Waals surface area contributed by atoms with Crippen LogP contribution in [0.25, 0.3) is 99.1 Å². The third kappa shape index (κ3) is 6.93. The maximum absolute atomic E-state index is 6.32. The number of anilines is 3. The molecule has 2 nitrogen and oxygen atoms in total. The van der Waals surface area contributed by atoms with Gasteiger partial charge in [-0.25, -0.2) is 0 Å². The monoisotopic (exact) mass is 829 g/mol. The van der Waals surface area contributed by atoms with Crippen molar-refractivity contribution in [3.8, 4) is 55.8 Å². The average molecular weight is 830 g/mol. The third-order valence-corrected chi connectivity index (χ3v) is 13.1. The zero-order valence-corrected chi connectivity index (χ0v) is 35.9. The summed E-state index contributed by atoms with van der Waals surface area (Å²) >= 11 is 0. The van der Waals surface area contributed by atoms with E-state index in [9.17, 15) is 0 Å². The number of benzene rings is 11. The fourth-order valence-electron chi connectivity index (χ4n) is 9.72. The van der Waals surface area contributed by atoms with Crippen LogP contribution in [0.4, 0.5) is 17.1 Å². The van der Waals surface area contributed by atoms with Crippen LogP contribution in [0, 0.1) is 6.92 Å². The molecule has 306 valence electrons. The van der Waals surface area contributed by atoms with Crippen molar-refractivity contribution in [1.29, 1.82) is 0 Å². The summed E-state index contributed by atoms with van der Waals surface area (Å²) in [6.07, 6.45) is 0. The number of furan rings is 1. The first-order valence-corrected chi connectivity index (χ1v) is 22.3. The Labute approximate surface area is 378 Å². The van der Waals surface area contributed by atoms with Crippen LogP contribution in [-0.2, 0) is 0 Å². The van der Waals surface area contributed by atoms with Crippen LogP contribution in [0.2, 0.25) is 0 Å². The van der Waals surface area contributed by atoms with E-state index >= 15 is 0 Å². The number of aryl methyl sites for hydroxylation is 1. The molecule has 0 aliphatic rings. The fraction of sp³-hybridized carbons (Fsp3) is 0.0159. The summed E-state index contributed by atoms with van der Waals surface area (Å²) in [4.78, 5) is 2.41. The Bertz CT molecular complexity index is 3690. The molecule has 0 saturated heterocycles. The minimum absolute atomic E-state index is 0.919. The van der Waals surface area contributed by atoms with E-state index in [0.29, 0.717) is 0 Å². The second kappa shape index (κ2) is 16.0. The van der Waals surface area contributed by atoms with E-state index in [-0.39, 0.29) is 0 Å². The number of hydrogen-bond donors (Lipinski definition) is 0. The van der Waals surface area contributed by atoms with E-state index in [2.05, 4.69) is 242 Å². The Hall–Kier alpha value is -8.46. The van der Waals surface area contributed by atoms with Gasteiger partial charge in [0.25, 0.3) is 0 Å². The zero-order valence-electron chi connectivity index (χ0n) is 35.9. The summed E-state index contributed by atoms with van der Waals surface area (Å²) < 4.78 is 6.32. The summed E-state index contributed by atoms with van der Waals surface area (Å²) in [5.41, 5.74) is 16.0. The van der Waals surface area contributed by atoms with Gasteiger partial charge in [0, 0.05) is 33.3 Å². The Balaban J connectivity index is 0.877. The predicted molar refractivity (Wildman–Crippen MR) is 275 cm³/mol. The molecule has 12 rings (SSSR count). The van der Waals surface area contributed by atoms with Gasteiger partial charge in [-0.1, -0.05) is 200 Å². The van der Waals surface area contributed by atoms with Gasteiger partial charge in [-0.15, -0.1) is 0 Å². The van der Waals surface area contributed by atoms with Crippen LogP contribution in [0.3, 0.4) is 0 Å². The standard InChI is InChI=1S/C63H43NO/c1-42-55-17-8-9-23-62(55)65-63(42)52-16-10-15-50(40-52)47-26-24-43(25-27-47)45-32-36-53(37-33-45)64(61-41-51-13-3-5-19-58(51)59-20-6-7-21-60(59)61)54-38-34-46(35-39-54)44-28-30-49(31-29-44)57-22-11-14-48-12-2-4-18-56(48)57/h2-41H,1H3. The molecular formula is C63H43NO. The molecule has 2 heteroatoms. The molecule has 11 aromatic carbocycles. The summed E-state index contributed by atoms with van der Waals surface area (Å²) in [6.45, 7) is 2.14. The topological polar surface area (TPSA) is 16.4 Å². The molecule has 0 atom stereocenters. The van der Waals surface area contributed by atoms with Crippen LogP contribution < -0.4 is 4.90 Å². The van der Waals surface area contributed by atoms with E-state index in [4.69, 9.17) is 4.42 Å². The largest absolute Gasteiger partial charge is 0.456 e. The van der Waals surface area contributed by atoms with Gasteiger partial charge in [0.15, 0.2) is 0 Å². The first-order chi connectivity index (χ1) is 32.1. The fourth-order valence-corrected chi connectivity index (χ4v) is 9.72. The Morgan fingerprint density at radius 2 is 0.769 bits per heavy atom. The molecule has 0 amide bonds. The first-order valence-electron chi connectivity index (χ1n) is 22.3. The highest BCUT2D eigenvalue weighted by Gasteiger charge is 2.19. The molecule has 0 spiro atoms. The molecule has 0 N–H and O–H groups in total. The van der Waals surface area contributed by atoms with Crippen molar-refractivity contribution in [3.63, 3.8) is 0 Å². The van der Waals surface area contributed by atoms with Gasteiger partial charge in [-0.2, -0.15) is 0 Å². The molecule has 0 aliphatic carbocycles. The molecular weight excluding hydrogens is 787 g/mol. The lowest BCUT2D eigenvalue weighted by atomic mass is 9.96. The number of fused-ring (bicyclic) bond motifs is 5. The molecule has 0 saturated carbocycles. The summed E-state index contributed by atoms with van der Waals surface area (Å²) in [5.74, 6) is 0.925. The van der Waals surface area contributed by atoms with E-state index in [1.807, 2.05) is 12.1 Å². The number of rotatable bonds is 8. The minimum Gasteiger partial charge on any atom is -0.456 e. The molecule has 12 aromatic rings. The SMILES string of the molecule is Cc1c(-c2cccc(-c3ccc(-c4ccc(N(c5ccc(-c6ccc(-c7cccc8ccccc78)cc6)cc5)c5cc6ccccc6c6ccccc56)cc4)cc3)c2)oc2ccccc12. The van der Waals surface area contributed by atoms with Crippen LogP contribution in [0.1, 0.15) is 5.56 Å². The van der Waals surface area contributed by atoms with Gasteiger partial charge < -0.3 is 9.32 Å². The maximum Gasteiger partial charge on any atom is 0.138 e. The van der Waals surface area contributed by atoms with Crippen molar-refractivity contribution >= 4 is 60.3 Å². The van der Waals surface area contributed by atoms with Crippen molar-refractivity contribution in [2.24, 2.45) is 0 Å². The zero-order chi connectivity index (χ0) is 43.3. The van der Waals surface area contributed by atoms with Crippen LogP contribution >= 0.6 is 0 Å². The third-order valence-electron chi connectivity index (χ3n) is 13.1. The second-order valence-corrected chi connectivity index (χ2v) is 16.9.